The summed E-state index contributed by atoms with van der Waals surface area (Å²) in [5.74, 6) is -0.266. The van der Waals surface area contributed by atoms with Gasteiger partial charge in [-0.2, -0.15) is 0 Å². The molecule has 0 spiro atoms. The van der Waals surface area contributed by atoms with E-state index in [0.717, 1.165) is 29.7 Å². The number of aromatic nitrogens is 1. The van der Waals surface area contributed by atoms with Crippen molar-refractivity contribution in [2.75, 3.05) is 24.6 Å². The van der Waals surface area contributed by atoms with Crippen molar-refractivity contribution < 1.29 is 9.53 Å². The van der Waals surface area contributed by atoms with Crippen molar-refractivity contribution in [3.8, 4) is 11.1 Å². The lowest BCUT2D eigenvalue weighted by molar-refractivity contribution is 0.0529. The van der Waals surface area contributed by atoms with E-state index >= 15 is 0 Å². The molecule has 0 aliphatic carbocycles. The van der Waals surface area contributed by atoms with Crippen LogP contribution in [0.1, 0.15) is 30.1 Å². The van der Waals surface area contributed by atoms with E-state index in [4.69, 9.17) is 4.74 Å². The van der Waals surface area contributed by atoms with Crippen LogP contribution in [0.5, 0.6) is 0 Å². The minimum Gasteiger partial charge on any atom is -0.462 e. The van der Waals surface area contributed by atoms with Crippen LogP contribution in [0.3, 0.4) is 0 Å². The van der Waals surface area contributed by atoms with E-state index in [1.54, 1.807) is 0 Å². The molecule has 0 amide bonds. The first kappa shape index (κ1) is 15.8. The zero-order valence-corrected chi connectivity index (χ0v) is 14.4. The van der Waals surface area contributed by atoms with Gasteiger partial charge in [0, 0.05) is 36.7 Å². The van der Waals surface area contributed by atoms with Gasteiger partial charge in [0.25, 0.3) is 0 Å². The van der Waals surface area contributed by atoms with E-state index in [1.807, 2.05) is 41.9 Å². The molecule has 0 N–H and O–H groups in total. The quantitative estimate of drug-likeness (QED) is 0.664. The van der Waals surface area contributed by atoms with E-state index < -0.39 is 0 Å². The summed E-state index contributed by atoms with van der Waals surface area (Å²) in [6.07, 6.45) is 6.47. The summed E-state index contributed by atoms with van der Waals surface area (Å²) in [5, 5.41) is 0. The van der Waals surface area contributed by atoms with Crippen LogP contribution in [-0.2, 0) is 4.74 Å². The average Bonchev–Trinajstić information content (AvgIpc) is 3.30. The number of benzene rings is 1. The zero-order valence-electron chi connectivity index (χ0n) is 14.4. The van der Waals surface area contributed by atoms with E-state index in [0.29, 0.717) is 12.2 Å². The zero-order chi connectivity index (χ0) is 17.2. The second-order valence-electron chi connectivity index (χ2n) is 6.38. The third kappa shape index (κ3) is 2.88. The maximum Gasteiger partial charge on any atom is 0.340 e. The molecular formula is C21H22N2O2. The number of rotatable bonds is 4. The first-order valence-electron chi connectivity index (χ1n) is 8.90. The molecule has 0 radical (unpaired) electrons. The number of hydrogen-bond donors (Lipinski definition) is 0. The highest BCUT2D eigenvalue weighted by Crippen LogP contribution is 2.32. The Balaban J connectivity index is 1.84. The van der Waals surface area contributed by atoms with Gasteiger partial charge in [0.05, 0.1) is 17.7 Å². The van der Waals surface area contributed by atoms with Crippen LogP contribution in [0, 0.1) is 0 Å². The fourth-order valence-electron chi connectivity index (χ4n) is 3.60. The van der Waals surface area contributed by atoms with Crippen LogP contribution < -0.4 is 4.90 Å². The van der Waals surface area contributed by atoms with E-state index in [2.05, 4.69) is 29.2 Å². The van der Waals surface area contributed by atoms with Crippen molar-refractivity contribution in [2.45, 2.75) is 19.8 Å². The van der Waals surface area contributed by atoms with Gasteiger partial charge in [-0.15, -0.1) is 0 Å². The molecule has 25 heavy (non-hydrogen) atoms. The van der Waals surface area contributed by atoms with Gasteiger partial charge in [-0.1, -0.05) is 18.2 Å². The van der Waals surface area contributed by atoms with Gasteiger partial charge >= 0.3 is 5.97 Å². The second-order valence-corrected chi connectivity index (χ2v) is 6.38. The Bertz CT molecular complexity index is 907. The highest BCUT2D eigenvalue weighted by molar-refractivity contribution is 6.04. The van der Waals surface area contributed by atoms with Gasteiger partial charge in [-0.3, -0.25) is 0 Å². The molecule has 1 aromatic carbocycles. The Labute approximate surface area is 147 Å². The predicted octanol–water partition coefficient (Wildman–Crippen LogP) is 4.38. The molecule has 1 aliphatic heterocycles. The second kappa shape index (κ2) is 6.63. The topological polar surface area (TPSA) is 34.0 Å². The number of carbonyl (C=O) groups is 1. The number of esters is 1. The smallest absolute Gasteiger partial charge is 0.340 e. The average molecular weight is 334 g/mol. The molecule has 4 rings (SSSR count). The Kier molecular flexibility index (Phi) is 4.18. The van der Waals surface area contributed by atoms with E-state index in [-0.39, 0.29) is 5.97 Å². The van der Waals surface area contributed by atoms with Crippen molar-refractivity contribution in [3.05, 3.63) is 60.4 Å². The maximum atomic E-state index is 12.6. The number of fused-ring (bicyclic) bond motifs is 1. The summed E-state index contributed by atoms with van der Waals surface area (Å²) < 4.78 is 7.31. The lowest BCUT2D eigenvalue weighted by atomic mass is 10.0. The minimum atomic E-state index is -0.266. The Hall–Kier alpha value is -2.75. The van der Waals surface area contributed by atoms with Gasteiger partial charge in [0.15, 0.2) is 0 Å². The van der Waals surface area contributed by atoms with E-state index in [1.165, 1.54) is 18.5 Å². The van der Waals surface area contributed by atoms with Crippen LogP contribution >= 0.6 is 0 Å². The molecule has 0 unspecified atom stereocenters. The summed E-state index contributed by atoms with van der Waals surface area (Å²) >= 11 is 0. The molecule has 4 nitrogen and oxygen atoms in total. The highest BCUT2D eigenvalue weighted by atomic mass is 16.5. The highest BCUT2D eigenvalue weighted by Gasteiger charge is 2.21. The molecule has 3 aromatic rings. The van der Waals surface area contributed by atoms with Crippen molar-refractivity contribution in [2.24, 2.45) is 0 Å². The van der Waals surface area contributed by atoms with Crippen LogP contribution in [0.2, 0.25) is 0 Å². The number of anilines is 1. The van der Waals surface area contributed by atoms with Crippen LogP contribution in [0.4, 0.5) is 5.69 Å². The first-order chi connectivity index (χ1) is 12.3. The molecule has 4 heteroatoms. The molecule has 0 atom stereocenters. The number of carbonyl (C=O) groups excluding carboxylic acids is 1. The van der Waals surface area contributed by atoms with Crippen LogP contribution in [0.15, 0.2) is 54.9 Å². The van der Waals surface area contributed by atoms with Crippen molar-refractivity contribution >= 4 is 17.2 Å². The largest absolute Gasteiger partial charge is 0.462 e. The number of hydrogen-bond acceptors (Lipinski definition) is 3. The van der Waals surface area contributed by atoms with Gasteiger partial charge in [-0.25, -0.2) is 4.79 Å². The summed E-state index contributed by atoms with van der Waals surface area (Å²) in [6.45, 7) is 4.41. The van der Waals surface area contributed by atoms with Crippen LogP contribution in [0.25, 0.3) is 16.6 Å². The SMILES string of the molecule is CCOC(=O)c1c(-c2cccc(N3CCCC3)c2)cn2ccccc12. The summed E-state index contributed by atoms with van der Waals surface area (Å²) in [5.41, 5.74) is 4.71. The molecule has 0 bridgehead atoms. The number of pyridine rings is 1. The molecule has 128 valence electrons. The molecule has 0 saturated carbocycles. The lowest BCUT2D eigenvalue weighted by Gasteiger charge is -2.18. The summed E-state index contributed by atoms with van der Waals surface area (Å²) in [6, 6.07) is 14.3. The maximum absolute atomic E-state index is 12.6. The molecular weight excluding hydrogens is 312 g/mol. The summed E-state index contributed by atoms with van der Waals surface area (Å²) in [7, 11) is 0. The molecule has 1 saturated heterocycles. The molecule has 1 fully saturated rings. The first-order valence-corrected chi connectivity index (χ1v) is 8.90. The number of ether oxygens (including phenoxy) is 1. The fourth-order valence-corrected chi connectivity index (χ4v) is 3.60. The van der Waals surface area contributed by atoms with Gasteiger partial charge in [-0.05, 0) is 49.6 Å². The van der Waals surface area contributed by atoms with Crippen molar-refractivity contribution in [1.29, 1.82) is 0 Å². The lowest BCUT2D eigenvalue weighted by Crippen LogP contribution is -2.17. The third-order valence-electron chi connectivity index (χ3n) is 4.79. The van der Waals surface area contributed by atoms with Crippen molar-refractivity contribution in [1.82, 2.24) is 4.40 Å². The van der Waals surface area contributed by atoms with E-state index in [9.17, 15) is 4.79 Å². The van der Waals surface area contributed by atoms with Gasteiger partial charge in [0.1, 0.15) is 0 Å². The fraction of sp³-hybridized carbons (Fsp3) is 0.286. The Morgan fingerprint density at radius 3 is 2.76 bits per heavy atom. The van der Waals surface area contributed by atoms with Gasteiger partial charge in [0.2, 0.25) is 0 Å². The predicted molar refractivity (Wildman–Crippen MR) is 100 cm³/mol. The van der Waals surface area contributed by atoms with Crippen molar-refractivity contribution in [3.63, 3.8) is 0 Å². The van der Waals surface area contributed by atoms with Crippen LogP contribution in [-0.4, -0.2) is 30.1 Å². The number of nitrogens with zero attached hydrogens (tertiary/aromatic N) is 2. The van der Waals surface area contributed by atoms with Gasteiger partial charge < -0.3 is 14.0 Å². The third-order valence-corrected chi connectivity index (χ3v) is 4.79. The minimum absolute atomic E-state index is 0.266. The normalized spacial score (nSPS) is 14.2. The Morgan fingerprint density at radius 1 is 1.12 bits per heavy atom. The molecule has 1 aliphatic rings. The summed E-state index contributed by atoms with van der Waals surface area (Å²) in [4.78, 5) is 15.0. The standard InChI is InChI=1S/C21H22N2O2/c1-2-25-21(24)20-18(15-23-13-4-3-10-19(20)23)16-8-7-9-17(14-16)22-11-5-6-12-22/h3-4,7-10,13-15H,2,5-6,11-12H2,1H3. The molecule has 3 heterocycles. The monoisotopic (exact) mass is 334 g/mol. The Morgan fingerprint density at radius 2 is 1.96 bits per heavy atom. The molecule has 2 aromatic heterocycles.